The lowest BCUT2D eigenvalue weighted by molar-refractivity contribution is -0.148. The summed E-state index contributed by atoms with van der Waals surface area (Å²) in [6.07, 6.45) is 6.74. The summed E-state index contributed by atoms with van der Waals surface area (Å²) in [5.74, 6) is -0.161. The van der Waals surface area contributed by atoms with Crippen LogP contribution in [0.3, 0.4) is 0 Å². The van der Waals surface area contributed by atoms with Crippen LogP contribution in [0.25, 0.3) is 0 Å². The number of carbonyl (C=O) groups is 1. The van der Waals surface area contributed by atoms with E-state index in [0.29, 0.717) is 0 Å². The minimum atomic E-state index is -0.161. The smallest absolute Gasteiger partial charge is 0.335 e. The van der Waals surface area contributed by atoms with E-state index >= 15 is 0 Å². The Bertz CT molecular complexity index is 300. The van der Waals surface area contributed by atoms with Crippen molar-refractivity contribution in [3.8, 4) is 0 Å². The van der Waals surface area contributed by atoms with Crippen LogP contribution in [-0.4, -0.2) is 17.8 Å². The molecule has 0 saturated heterocycles. The molecule has 3 heteroatoms. The molecule has 2 rings (SSSR count). The predicted molar refractivity (Wildman–Crippen MR) is 54.2 cm³/mol. The number of hydrogen-bond donors (Lipinski definition) is 0. The fourth-order valence-electron chi connectivity index (χ4n) is 1.50. The molecular formula is C11H15NO2. The molecule has 1 aliphatic carbocycles. The van der Waals surface area contributed by atoms with Gasteiger partial charge in [-0.05, 0) is 39.0 Å². The second kappa shape index (κ2) is 3.95. The number of carbonyl (C=O) groups excluding carboxylic acids is 1. The molecule has 1 heterocycles. The zero-order valence-electron chi connectivity index (χ0n) is 8.45. The van der Waals surface area contributed by atoms with Gasteiger partial charge in [0.25, 0.3) is 0 Å². The molecule has 1 fully saturated rings. The number of hydrogen-bond acceptors (Lipinski definition) is 3. The molecule has 1 saturated carbocycles. The number of esters is 1. The third-order valence-electron chi connectivity index (χ3n) is 2.79. The molecule has 0 bridgehead atoms. The van der Waals surface area contributed by atoms with Crippen molar-refractivity contribution in [1.82, 2.24) is 0 Å². The number of nitrogens with zero attached hydrogens (tertiary/aromatic N) is 1. The highest BCUT2D eigenvalue weighted by atomic mass is 16.5. The van der Waals surface area contributed by atoms with E-state index in [0.717, 1.165) is 37.0 Å². The Balaban J connectivity index is 1.91. The molecular weight excluding hydrogens is 178 g/mol. The van der Waals surface area contributed by atoms with E-state index in [9.17, 15) is 4.79 Å². The number of aliphatic imine (C=N–C) groups is 1. The van der Waals surface area contributed by atoms with Gasteiger partial charge in [-0.15, -0.1) is 0 Å². The second-order valence-electron chi connectivity index (χ2n) is 3.98. The van der Waals surface area contributed by atoms with Gasteiger partial charge in [0.05, 0.1) is 5.57 Å². The Morgan fingerprint density at radius 2 is 2.29 bits per heavy atom. The van der Waals surface area contributed by atoms with Gasteiger partial charge in [-0.3, -0.25) is 4.99 Å². The first-order chi connectivity index (χ1) is 6.75. The minimum absolute atomic E-state index is 0.161. The fraction of sp³-hybridized carbons (Fsp3) is 0.636. The zero-order valence-corrected chi connectivity index (χ0v) is 8.45. The largest absolute Gasteiger partial charge is 0.459 e. The van der Waals surface area contributed by atoms with Crippen molar-refractivity contribution in [1.29, 1.82) is 0 Å². The zero-order chi connectivity index (χ0) is 9.97. The Hall–Kier alpha value is -1.12. The monoisotopic (exact) mass is 193 g/mol. The van der Waals surface area contributed by atoms with Gasteiger partial charge < -0.3 is 4.74 Å². The summed E-state index contributed by atoms with van der Waals surface area (Å²) in [6, 6.07) is 0. The van der Waals surface area contributed by atoms with Crippen molar-refractivity contribution in [3.63, 3.8) is 0 Å². The summed E-state index contributed by atoms with van der Waals surface area (Å²) in [5.41, 5.74) is 1.81. The van der Waals surface area contributed by atoms with Crippen molar-refractivity contribution in [2.24, 2.45) is 4.99 Å². The molecule has 0 unspecified atom stereocenters. The topological polar surface area (TPSA) is 38.7 Å². The van der Waals surface area contributed by atoms with Crippen molar-refractivity contribution in [2.45, 2.75) is 45.1 Å². The molecule has 76 valence electrons. The lowest BCUT2D eigenvalue weighted by Gasteiger charge is -2.25. The molecule has 0 aromatic heterocycles. The van der Waals surface area contributed by atoms with Crippen LogP contribution in [0.1, 0.15) is 39.0 Å². The molecule has 0 amide bonds. The molecule has 14 heavy (non-hydrogen) atoms. The summed E-state index contributed by atoms with van der Waals surface area (Å²) < 4.78 is 5.28. The fourth-order valence-corrected chi connectivity index (χ4v) is 1.50. The van der Waals surface area contributed by atoms with E-state index < -0.39 is 0 Å². The van der Waals surface area contributed by atoms with Crippen LogP contribution in [0.4, 0.5) is 0 Å². The van der Waals surface area contributed by atoms with Crippen molar-refractivity contribution >= 4 is 11.7 Å². The van der Waals surface area contributed by atoms with Crippen molar-refractivity contribution in [2.75, 3.05) is 0 Å². The van der Waals surface area contributed by atoms with Gasteiger partial charge in [0.1, 0.15) is 6.10 Å². The summed E-state index contributed by atoms with van der Waals surface area (Å²) >= 11 is 0. The van der Waals surface area contributed by atoms with Crippen LogP contribution in [0, 0.1) is 0 Å². The Morgan fingerprint density at radius 1 is 1.50 bits per heavy atom. The lowest BCUT2D eigenvalue weighted by atomic mass is 9.96. The standard InChI is InChI=1S/C11H15NO2/c1-8-5-6-9(7-12-8)11(13)14-10-3-2-4-10/h7,10H,2-6H2,1H3. The van der Waals surface area contributed by atoms with Gasteiger partial charge >= 0.3 is 5.97 Å². The molecule has 0 N–H and O–H groups in total. The third kappa shape index (κ3) is 2.03. The van der Waals surface area contributed by atoms with Crippen LogP contribution in [-0.2, 0) is 9.53 Å². The number of rotatable bonds is 2. The minimum Gasteiger partial charge on any atom is -0.459 e. The SMILES string of the molecule is CC1=NC=C(C(=O)OC2CCC2)CC1. The highest BCUT2D eigenvalue weighted by molar-refractivity contribution is 5.92. The first-order valence-corrected chi connectivity index (χ1v) is 5.19. The molecule has 0 radical (unpaired) electrons. The van der Waals surface area contributed by atoms with Crippen molar-refractivity contribution in [3.05, 3.63) is 11.8 Å². The van der Waals surface area contributed by atoms with Gasteiger partial charge in [-0.2, -0.15) is 0 Å². The summed E-state index contributed by atoms with van der Waals surface area (Å²) in [7, 11) is 0. The first kappa shape index (κ1) is 9.44. The molecule has 0 aromatic rings. The summed E-state index contributed by atoms with van der Waals surface area (Å²) in [6.45, 7) is 1.98. The molecule has 2 aliphatic rings. The number of ether oxygens (including phenoxy) is 1. The maximum Gasteiger partial charge on any atom is 0.335 e. The predicted octanol–water partition coefficient (Wildman–Crippen LogP) is 2.22. The van der Waals surface area contributed by atoms with E-state index in [1.54, 1.807) is 6.20 Å². The lowest BCUT2D eigenvalue weighted by Crippen LogP contribution is -2.26. The summed E-state index contributed by atoms with van der Waals surface area (Å²) in [5, 5.41) is 0. The molecule has 0 spiro atoms. The van der Waals surface area contributed by atoms with Crippen molar-refractivity contribution < 1.29 is 9.53 Å². The van der Waals surface area contributed by atoms with E-state index in [1.165, 1.54) is 6.42 Å². The third-order valence-corrected chi connectivity index (χ3v) is 2.79. The average Bonchev–Trinajstić information content (AvgIpc) is 2.12. The molecule has 3 nitrogen and oxygen atoms in total. The van der Waals surface area contributed by atoms with E-state index in [2.05, 4.69) is 4.99 Å². The van der Waals surface area contributed by atoms with Crippen LogP contribution < -0.4 is 0 Å². The van der Waals surface area contributed by atoms with E-state index in [-0.39, 0.29) is 12.1 Å². The molecule has 0 atom stereocenters. The van der Waals surface area contributed by atoms with E-state index in [1.807, 2.05) is 6.92 Å². The Labute approximate surface area is 83.9 Å². The maximum atomic E-state index is 11.5. The van der Waals surface area contributed by atoms with Gasteiger partial charge in [-0.25, -0.2) is 4.79 Å². The Kier molecular flexibility index (Phi) is 2.66. The summed E-state index contributed by atoms with van der Waals surface area (Å²) in [4.78, 5) is 15.7. The quantitative estimate of drug-likeness (QED) is 0.631. The van der Waals surface area contributed by atoms with Gasteiger partial charge in [0, 0.05) is 11.9 Å². The van der Waals surface area contributed by atoms with Crippen LogP contribution >= 0.6 is 0 Å². The van der Waals surface area contributed by atoms with Gasteiger partial charge in [0.2, 0.25) is 0 Å². The van der Waals surface area contributed by atoms with Crippen LogP contribution in [0.15, 0.2) is 16.8 Å². The van der Waals surface area contributed by atoms with Crippen LogP contribution in [0.5, 0.6) is 0 Å². The highest BCUT2D eigenvalue weighted by Gasteiger charge is 2.24. The molecule has 0 aromatic carbocycles. The molecule has 1 aliphatic heterocycles. The Morgan fingerprint density at radius 3 is 2.79 bits per heavy atom. The second-order valence-corrected chi connectivity index (χ2v) is 3.98. The average molecular weight is 193 g/mol. The maximum absolute atomic E-state index is 11.5. The van der Waals surface area contributed by atoms with Gasteiger partial charge in [0.15, 0.2) is 0 Å². The van der Waals surface area contributed by atoms with E-state index in [4.69, 9.17) is 4.74 Å². The normalized spacial score (nSPS) is 22.1. The first-order valence-electron chi connectivity index (χ1n) is 5.19. The highest BCUT2D eigenvalue weighted by Crippen LogP contribution is 2.24. The van der Waals surface area contributed by atoms with Gasteiger partial charge in [-0.1, -0.05) is 0 Å². The van der Waals surface area contributed by atoms with Crippen LogP contribution in [0.2, 0.25) is 0 Å².